The van der Waals surface area contributed by atoms with E-state index in [-0.39, 0.29) is 17.9 Å². The molecule has 0 saturated heterocycles. The highest BCUT2D eigenvalue weighted by atomic mass is 32.1. The topological polar surface area (TPSA) is 46.9 Å². The number of hydrogen-bond acceptors (Lipinski definition) is 3. The molecule has 1 fully saturated rings. The van der Waals surface area contributed by atoms with Gasteiger partial charge in [-0.05, 0) is 41.7 Å². The number of rotatable bonds is 6. The molecule has 2 heterocycles. The van der Waals surface area contributed by atoms with E-state index in [1.807, 2.05) is 19.4 Å². The van der Waals surface area contributed by atoms with Crippen LogP contribution >= 0.6 is 11.3 Å². The zero-order chi connectivity index (χ0) is 15.7. The summed E-state index contributed by atoms with van der Waals surface area (Å²) in [4.78, 5) is 13.8. The fourth-order valence-electron chi connectivity index (χ4n) is 2.97. The zero-order valence-corrected chi connectivity index (χ0v) is 14.1. The minimum Gasteiger partial charge on any atom is -0.348 e. The molecule has 0 aliphatic heterocycles. The van der Waals surface area contributed by atoms with Crippen LogP contribution in [0.2, 0.25) is 0 Å². The Morgan fingerprint density at radius 2 is 2.36 bits per heavy atom. The first kappa shape index (κ1) is 15.3. The molecule has 2 aromatic rings. The Hall–Kier alpha value is -1.62. The van der Waals surface area contributed by atoms with E-state index in [1.165, 1.54) is 10.4 Å². The van der Waals surface area contributed by atoms with Crippen molar-refractivity contribution >= 4 is 17.2 Å². The molecule has 3 rings (SSSR count). The van der Waals surface area contributed by atoms with E-state index in [0.29, 0.717) is 11.8 Å². The van der Waals surface area contributed by atoms with Crippen LogP contribution in [0.4, 0.5) is 0 Å². The van der Waals surface area contributed by atoms with Crippen molar-refractivity contribution in [2.45, 2.75) is 38.6 Å². The number of aryl methyl sites for hydroxylation is 1. The molecule has 0 aromatic carbocycles. The Balaban J connectivity index is 1.63. The quantitative estimate of drug-likeness (QED) is 0.886. The van der Waals surface area contributed by atoms with Crippen molar-refractivity contribution < 1.29 is 4.79 Å². The summed E-state index contributed by atoms with van der Waals surface area (Å²) in [6.07, 6.45) is 5.82. The molecule has 4 nitrogen and oxygen atoms in total. The molecule has 1 N–H and O–H groups in total. The SMILES string of the molecule is CC(C)C[C@@H](NC(=O)[C@@H]1C[C@H]1c1cnn(C)c1)c1cccs1. The number of aromatic nitrogens is 2. The molecule has 1 saturated carbocycles. The normalized spacial score (nSPS) is 21.8. The van der Waals surface area contributed by atoms with Gasteiger partial charge in [0, 0.05) is 24.0 Å². The van der Waals surface area contributed by atoms with E-state index >= 15 is 0 Å². The van der Waals surface area contributed by atoms with Gasteiger partial charge in [-0.2, -0.15) is 5.10 Å². The summed E-state index contributed by atoms with van der Waals surface area (Å²) >= 11 is 1.72. The van der Waals surface area contributed by atoms with Gasteiger partial charge in [0.05, 0.1) is 12.2 Å². The van der Waals surface area contributed by atoms with Gasteiger partial charge in [0.1, 0.15) is 0 Å². The average molecular weight is 317 g/mol. The highest BCUT2D eigenvalue weighted by Crippen LogP contribution is 2.47. The number of thiophene rings is 1. The van der Waals surface area contributed by atoms with Crippen molar-refractivity contribution in [2.24, 2.45) is 18.9 Å². The first-order valence-electron chi connectivity index (χ1n) is 7.87. The number of hydrogen-bond donors (Lipinski definition) is 1. The summed E-state index contributed by atoms with van der Waals surface area (Å²) in [5, 5.41) is 9.54. The Kier molecular flexibility index (Phi) is 4.34. The van der Waals surface area contributed by atoms with Gasteiger partial charge < -0.3 is 5.32 Å². The van der Waals surface area contributed by atoms with Gasteiger partial charge in [-0.15, -0.1) is 11.3 Å². The predicted molar refractivity (Wildman–Crippen MR) is 88.7 cm³/mol. The summed E-state index contributed by atoms with van der Waals surface area (Å²) in [5.41, 5.74) is 1.18. The third-order valence-electron chi connectivity index (χ3n) is 4.19. The van der Waals surface area contributed by atoms with Gasteiger partial charge in [-0.25, -0.2) is 0 Å². The standard InChI is InChI=1S/C17H23N3OS/c1-11(2)7-15(16-5-4-6-22-16)19-17(21)14-8-13(14)12-9-18-20(3)10-12/h4-6,9-11,13-15H,7-8H2,1-3H3,(H,19,21)/t13-,14+,15+/m0/s1. The monoisotopic (exact) mass is 317 g/mol. The lowest BCUT2D eigenvalue weighted by atomic mass is 10.0. The summed E-state index contributed by atoms with van der Waals surface area (Å²) < 4.78 is 1.80. The Morgan fingerprint density at radius 1 is 1.55 bits per heavy atom. The van der Waals surface area contributed by atoms with Crippen LogP contribution in [0, 0.1) is 11.8 Å². The van der Waals surface area contributed by atoms with E-state index in [1.54, 1.807) is 16.0 Å². The lowest BCUT2D eigenvalue weighted by Gasteiger charge is -2.19. The van der Waals surface area contributed by atoms with Crippen LogP contribution in [0.5, 0.6) is 0 Å². The van der Waals surface area contributed by atoms with Gasteiger partial charge in [0.25, 0.3) is 0 Å². The van der Waals surface area contributed by atoms with Crippen molar-refractivity contribution in [1.29, 1.82) is 0 Å². The van der Waals surface area contributed by atoms with Crippen molar-refractivity contribution in [3.63, 3.8) is 0 Å². The molecule has 5 heteroatoms. The highest BCUT2D eigenvalue weighted by molar-refractivity contribution is 7.10. The lowest BCUT2D eigenvalue weighted by Crippen LogP contribution is -2.30. The van der Waals surface area contributed by atoms with Crippen molar-refractivity contribution in [2.75, 3.05) is 0 Å². The largest absolute Gasteiger partial charge is 0.348 e. The van der Waals surface area contributed by atoms with E-state index in [9.17, 15) is 4.79 Å². The molecular weight excluding hydrogens is 294 g/mol. The molecule has 1 aliphatic carbocycles. The lowest BCUT2D eigenvalue weighted by molar-refractivity contribution is -0.123. The molecule has 2 aromatic heterocycles. The molecule has 118 valence electrons. The van der Waals surface area contributed by atoms with E-state index < -0.39 is 0 Å². The molecule has 1 amide bonds. The number of carbonyl (C=O) groups excluding carboxylic acids is 1. The van der Waals surface area contributed by atoms with Crippen LogP contribution in [0.3, 0.4) is 0 Å². The van der Waals surface area contributed by atoms with Crippen molar-refractivity contribution in [1.82, 2.24) is 15.1 Å². The number of nitrogens with one attached hydrogen (secondary N) is 1. The fourth-order valence-corrected chi connectivity index (χ4v) is 3.76. The minimum absolute atomic E-state index is 0.110. The van der Waals surface area contributed by atoms with Gasteiger partial charge in [-0.3, -0.25) is 9.48 Å². The van der Waals surface area contributed by atoms with E-state index in [2.05, 4.69) is 41.8 Å². The van der Waals surface area contributed by atoms with Crippen LogP contribution in [0.15, 0.2) is 29.9 Å². The third-order valence-corrected chi connectivity index (χ3v) is 5.18. The van der Waals surface area contributed by atoms with Crippen LogP contribution in [0.25, 0.3) is 0 Å². The third kappa shape index (κ3) is 3.40. The maximum absolute atomic E-state index is 12.5. The van der Waals surface area contributed by atoms with Gasteiger partial charge in [-0.1, -0.05) is 19.9 Å². The van der Waals surface area contributed by atoms with Crippen molar-refractivity contribution in [3.8, 4) is 0 Å². The number of nitrogens with zero attached hydrogens (tertiary/aromatic N) is 2. The highest BCUT2D eigenvalue weighted by Gasteiger charge is 2.45. The second-order valence-electron chi connectivity index (χ2n) is 6.60. The summed E-state index contributed by atoms with van der Waals surface area (Å²) in [5.74, 6) is 1.20. The second kappa shape index (κ2) is 6.24. The predicted octanol–water partition coefficient (Wildman–Crippen LogP) is 3.49. The summed E-state index contributed by atoms with van der Waals surface area (Å²) in [7, 11) is 1.91. The number of amides is 1. The Morgan fingerprint density at radius 3 is 2.95 bits per heavy atom. The Labute approximate surface area is 135 Å². The fraction of sp³-hybridized carbons (Fsp3) is 0.529. The van der Waals surface area contributed by atoms with E-state index in [0.717, 1.165) is 12.8 Å². The van der Waals surface area contributed by atoms with Gasteiger partial charge >= 0.3 is 0 Å². The molecule has 0 radical (unpaired) electrons. The number of carbonyl (C=O) groups is 1. The second-order valence-corrected chi connectivity index (χ2v) is 7.58. The van der Waals surface area contributed by atoms with Crippen LogP contribution < -0.4 is 5.32 Å². The molecule has 3 atom stereocenters. The molecule has 0 spiro atoms. The zero-order valence-electron chi connectivity index (χ0n) is 13.3. The van der Waals surface area contributed by atoms with Crippen LogP contribution in [-0.4, -0.2) is 15.7 Å². The maximum atomic E-state index is 12.5. The summed E-state index contributed by atoms with van der Waals surface area (Å²) in [6.45, 7) is 4.39. The average Bonchev–Trinajstić information content (AvgIpc) is 2.87. The molecular formula is C17H23N3OS. The molecule has 0 unspecified atom stereocenters. The van der Waals surface area contributed by atoms with Gasteiger partial charge in [0.15, 0.2) is 0 Å². The van der Waals surface area contributed by atoms with Gasteiger partial charge in [0.2, 0.25) is 5.91 Å². The molecule has 22 heavy (non-hydrogen) atoms. The Bertz CT molecular complexity index is 632. The van der Waals surface area contributed by atoms with Crippen LogP contribution in [-0.2, 0) is 11.8 Å². The molecule has 1 aliphatic rings. The first-order chi connectivity index (χ1) is 10.5. The maximum Gasteiger partial charge on any atom is 0.224 e. The van der Waals surface area contributed by atoms with Crippen LogP contribution in [0.1, 0.15) is 49.1 Å². The minimum atomic E-state index is 0.110. The van der Waals surface area contributed by atoms with Crippen molar-refractivity contribution in [3.05, 3.63) is 40.3 Å². The first-order valence-corrected chi connectivity index (χ1v) is 8.75. The smallest absolute Gasteiger partial charge is 0.224 e. The van der Waals surface area contributed by atoms with E-state index in [4.69, 9.17) is 0 Å². The summed E-state index contributed by atoms with van der Waals surface area (Å²) in [6, 6.07) is 4.31. The molecule has 0 bridgehead atoms.